The number of halogens is 4. The third-order valence-electron chi connectivity index (χ3n) is 2.28. The predicted octanol–water partition coefficient (Wildman–Crippen LogP) is 3.25. The average molecular weight is 244 g/mol. The molecule has 6 heteroatoms. The molecule has 0 spiro atoms. The van der Waals surface area contributed by atoms with Crippen LogP contribution in [0.4, 0.5) is 17.6 Å². The molecule has 0 aliphatic heterocycles. The number of alkyl halides is 3. The van der Waals surface area contributed by atoms with E-state index in [9.17, 15) is 17.6 Å². The second-order valence-electron chi connectivity index (χ2n) is 3.56. The molecule has 0 saturated heterocycles. The SMILES string of the molecule is Cn1ccc(-c2ccc(F)cc2C(F)(F)F)n1. The van der Waals surface area contributed by atoms with Crippen LogP contribution in [-0.2, 0) is 13.2 Å². The molecule has 0 atom stereocenters. The fourth-order valence-corrected chi connectivity index (χ4v) is 1.53. The Morgan fingerprint density at radius 2 is 1.88 bits per heavy atom. The standard InChI is InChI=1S/C11H8F4N2/c1-17-5-4-10(16-17)8-3-2-7(12)6-9(8)11(13,14)15/h2-6H,1H3. The molecule has 0 saturated carbocycles. The molecule has 2 rings (SSSR count). The number of nitrogens with zero attached hydrogens (tertiary/aromatic N) is 2. The Morgan fingerprint density at radius 3 is 2.41 bits per heavy atom. The van der Waals surface area contributed by atoms with E-state index < -0.39 is 17.6 Å². The molecule has 0 fully saturated rings. The highest BCUT2D eigenvalue weighted by molar-refractivity contribution is 5.64. The first kappa shape index (κ1) is 11.6. The molecular formula is C11H8F4N2. The Kier molecular flexibility index (Phi) is 2.65. The van der Waals surface area contributed by atoms with Crippen molar-refractivity contribution in [3.8, 4) is 11.3 Å². The first-order chi connectivity index (χ1) is 7.88. The summed E-state index contributed by atoms with van der Waals surface area (Å²) in [5.74, 6) is -0.919. The van der Waals surface area contributed by atoms with Gasteiger partial charge in [0.1, 0.15) is 5.82 Å². The van der Waals surface area contributed by atoms with E-state index >= 15 is 0 Å². The highest BCUT2D eigenvalue weighted by Gasteiger charge is 2.34. The summed E-state index contributed by atoms with van der Waals surface area (Å²) in [6.07, 6.45) is -3.08. The van der Waals surface area contributed by atoms with Crippen molar-refractivity contribution in [1.82, 2.24) is 9.78 Å². The van der Waals surface area contributed by atoms with Crippen LogP contribution in [0.3, 0.4) is 0 Å². The van der Waals surface area contributed by atoms with Gasteiger partial charge in [0.15, 0.2) is 0 Å². The van der Waals surface area contributed by atoms with Crippen LogP contribution in [0.1, 0.15) is 5.56 Å². The quantitative estimate of drug-likeness (QED) is 0.704. The van der Waals surface area contributed by atoms with E-state index in [0.29, 0.717) is 6.07 Å². The van der Waals surface area contributed by atoms with Crippen LogP contribution in [0.25, 0.3) is 11.3 Å². The fourth-order valence-electron chi connectivity index (χ4n) is 1.53. The summed E-state index contributed by atoms with van der Waals surface area (Å²) in [5.41, 5.74) is -0.976. The summed E-state index contributed by atoms with van der Waals surface area (Å²) in [6.45, 7) is 0. The summed E-state index contributed by atoms with van der Waals surface area (Å²) < 4.78 is 52.4. The van der Waals surface area contributed by atoms with Crippen LogP contribution in [-0.4, -0.2) is 9.78 Å². The van der Waals surface area contributed by atoms with E-state index in [0.717, 1.165) is 12.1 Å². The van der Waals surface area contributed by atoms with Crippen molar-refractivity contribution in [2.45, 2.75) is 6.18 Å². The van der Waals surface area contributed by atoms with Gasteiger partial charge in [0, 0.05) is 18.8 Å². The fraction of sp³-hybridized carbons (Fsp3) is 0.182. The van der Waals surface area contributed by atoms with Crippen molar-refractivity contribution in [2.24, 2.45) is 7.05 Å². The number of hydrogen-bond donors (Lipinski definition) is 0. The van der Waals surface area contributed by atoms with Crippen molar-refractivity contribution < 1.29 is 17.6 Å². The summed E-state index contributed by atoms with van der Waals surface area (Å²) >= 11 is 0. The number of benzene rings is 1. The third-order valence-corrected chi connectivity index (χ3v) is 2.28. The van der Waals surface area contributed by atoms with E-state index in [-0.39, 0.29) is 11.3 Å². The first-order valence-corrected chi connectivity index (χ1v) is 4.74. The van der Waals surface area contributed by atoms with Crippen molar-refractivity contribution >= 4 is 0 Å². The maximum atomic E-state index is 12.9. The number of rotatable bonds is 1. The van der Waals surface area contributed by atoms with Gasteiger partial charge in [0.05, 0.1) is 11.3 Å². The van der Waals surface area contributed by atoms with Crippen LogP contribution in [0.15, 0.2) is 30.5 Å². The van der Waals surface area contributed by atoms with E-state index in [1.165, 1.54) is 16.9 Å². The molecule has 0 amide bonds. The van der Waals surface area contributed by atoms with Crippen LogP contribution in [0.2, 0.25) is 0 Å². The van der Waals surface area contributed by atoms with Gasteiger partial charge in [-0.2, -0.15) is 18.3 Å². The molecule has 1 heterocycles. The maximum Gasteiger partial charge on any atom is 0.417 e. The Morgan fingerprint density at radius 1 is 1.18 bits per heavy atom. The van der Waals surface area contributed by atoms with Gasteiger partial charge in [-0.15, -0.1) is 0 Å². The second kappa shape index (κ2) is 3.87. The molecule has 0 aliphatic carbocycles. The summed E-state index contributed by atoms with van der Waals surface area (Å²) in [5, 5.41) is 3.88. The topological polar surface area (TPSA) is 17.8 Å². The molecule has 2 aromatic rings. The molecule has 2 nitrogen and oxygen atoms in total. The normalized spacial score (nSPS) is 11.8. The summed E-state index contributed by atoms with van der Waals surface area (Å²) in [7, 11) is 1.60. The zero-order chi connectivity index (χ0) is 12.6. The lowest BCUT2D eigenvalue weighted by atomic mass is 10.0. The zero-order valence-electron chi connectivity index (χ0n) is 8.79. The summed E-state index contributed by atoms with van der Waals surface area (Å²) in [4.78, 5) is 0. The minimum atomic E-state index is -4.60. The Hall–Kier alpha value is -1.85. The first-order valence-electron chi connectivity index (χ1n) is 4.74. The lowest BCUT2D eigenvalue weighted by Gasteiger charge is -2.11. The summed E-state index contributed by atoms with van der Waals surface area (Å²) in [6, 6.07) is 3.99. The smallest absolute Gasteiger partial charge is 0.275 e. The highest BCUT2D eigenvalue weighted by Crippen LogP contribution is 2.36. The highest BCUT2D eigenvalue weighted by atomic mass is 19.4. The Balaban J connectivity index is 2.61. The predicted molar refractivity (Wildman–Crippen MR) is 53.6 cm³/mol. The van der Waals surface area contributed by atoms with Crippen molar-refractivity contribution in [3.05, 3.63) is 41.8 Å². The van der Waals surface area contributed by atoms with E-state index in [1.54, 1.807) is 7.05 Å². The molecule has 0 radical (unpaired) electrons. The minimum absolute atomic E-state index is 0.125. The van der Waals surface area contributed by atoms with Gasteiger partial charge < -0.3 is 0 Å². The van der Waals surface area contributed by atoms with Gasteiger partial charge in [-0.3, -0.25) is 4.68 Å². The van der Waals surface area contributed by atoms with Crippen molar-refractivity contribution in [1.29, 1.82) is 0 Å². The van der Waals surface area contributed by atoms with Crippen LogP contribution >= 0.6 is 0 Å². The van der Waals surface area contributed by atoms with Gasteiger partial charge in [-0.1, -0.05) is 0 Å². The average Bonchev–Trinajstić information content (AvgIpc) is 2.63. The molecule has 0 bridgehead atoms. The van der Waals surface area contributed by atoms with Gasteiger partial charge in [-0.05, 0) is 24.3 Å². The molecule has 90 valence electrons. The molecular weight excluding hydrogens is 236 g/mol. The van der Waals surface area contributed by atoms with Crippen LogP contribution in [0.5, 0.6) is 0 Å². The molecule has 17 heavy (non-hydrogen) atoms. The largest absolute Gasteiger partial charge is 0.417 e. The molecule has 0 aliphatic rings. The lowest BCUT2D eigenvalue weighted by Crippen LogP contribution is -2.08. The zero-order valence-corrected chi connectivity index (χ0v) is 8.79. The molecule has 0 N–H and O–H groups in total. The van der Waals surface area contributed by atoms with E-state index in [1.807, 2.05) is 0 Å². The second-order valence-corrected chi connectivity index (χ2v) is 3.56. The third kappa shape index (κ3) is 2.30. The van der Waals surface area contributed by atoms with E-state index in [4.69, 9.17) is 0 Å². The number of hydrogen-bond acceptors (Lipinski definition) is 1. The van der Waals surface area contributed by atoms with Gasteiger partial charge in [0.2, 0.25) is 0 Å². The van der Waals surface area contributed by atoms with Crippen molar-refractivity contribution in [3.63, 3.8) is 0 Å². The maximum absolute atomic E-state index is 12.9. The molecule has 1 aromatic heterocycles. The molecule has 0 unspecified atom stereocenters. The van der Waals surface area contributed by atoms with Gasteiger partial charge >= 0.3 is 6.18 Å². The number of aryl methyl sites for hydroxylation is 1. The van der Waals surface area contributed by atoms with Gasteiger partial charge in [-0.25, -0.2) is 4.39 Å². The Labute approximate surface area is 94.5 Å². The molecule has 1 aromatic carbocycles. The van der Waals surface area contributed by atoms with Crippen LogP contribution < -0.4 is 0 Å². The lowest BCUT2D eigenvalue weighted by molar-refractivity contribution is -0.137. The van der Waals surface area contributed by atoms with Crippen molar-refractivity contribution in [2.75, 3.05) is 0 Å². The van der Waals surface area contributed by atoms with Gasteiger partial charge in [0.25, 0.3) is 0 Å². The van der Waals surface area contributed by atoms with E-state index in [2.05, 4.69) is 5.10 Å². The van der Waals surface area contributed by atoms with Crippen LogP contribution in [0, 0.1) is 5.82 Å². The minimum Gasteiger partial charge on any atom is -0.275 e. The monoisotopic (exact) mass is 244 g/mol. The Bertz CT molecular complexity index is 543. The number of aromatic nitrogens is 2.